The first-order valence-corrected chi connectivity index (χ1v) is 10.5. The molecule has 162 valence electrons. The molecule has 8 nitrogen and oxygen atoms in total. The van der Waals surface area contributed by atoms with Crippen molar-refractivity contribution in [2.75, 3.05) is 25.6 Å². The normalized spacial score (nSPS) is 28.3. The first kappa shape index (κ1) is 22.1. The fourth-order valence-corrected chi connectivity index (χ4v) is 5.09. The smallest absolute Gasteiger partial charge is 0.288 e. The molecular formula is C20H31ClN4O4. The Balaban J connectivity index is 1.61. The van der Waals surface area contributed by atoms with E-state index in [4.69, 9.17) is 16.3 Å². The Morgan fingerprint density at radius 1 is 1.48 bits per heavy atom. The van der Waals surface area contributed by atoms with Crippen LogP contribution in [0.1, 0.15) is 33.6 Å². The lowest BCUT2D eigenvalue weighted by atomic mass is 9.45. The van der Waals surface area contributed by atoms with Crippen LogP contribution in [0.25, 0.3) is 0 Å². The molecule has 0 saturated heterocycles. The fourth-order valence-electron chi connectivity index (χ4n) is 4.89. The predicted molar refractivity (Wildman–Crippen MR) is 111 cm³/mol. The van der Waals surface area contributed by atoms with Crippen molar-refractivity contribution in [1.29, 1.82) is 0 Å². The highest BCUT2D eigenvalue weighted by molar-refractivity contribution is 6.32. The van der Waals surface area contributed by atoms with E-state index >= 15 is 0 Å². The highest BCUT2D eigenvalue weighted by Gasteiger charge is 2.56. The van der Waals surface area contributed by atoms with Gasteiger partial charge in [-0.05, 0) is 36.0 Å². The third-order valence-electron chi connectivity index (χ3n) is 6.87. The van der Waals surface area contributed by atoms with Crippen molar-refractivity contribution in [3.8, 4) is 0 Å². The molecular weight excluding hydrogens is 396 g/mol. The zero-order valence-corrected chi connectivity index (χ0v) is 18.2. The minimum absolute atomic E-state index is 0.0348. The van der Waals surface area contributed by atoms with Crippen LogP contribution in [-0.2, 0) is 16.1 Å². The molecule has 0 radical (unpaired) electrons. The topological polar surface area (TPSA) is 105 Å². The average molecular weight is 427 g/mol. The molecule has 0 unspecified atom stereocenters. The summed E-state index contributed by atoms with van der Waals surface area (Å²) in [5, 5.41) is 19.7. The molecule has 3 saturated carbocycles. The highest BCUT2D eigenvalue weighted by Crippen LogP contribution is 2.61. The molecule has 3 aliphatic carbocycles. The second kappa shape index (κ2) is 8.62. The second-order valence-electron chi connectivity index (χ2n) is 8.95. The number of carbonyl (C=O) groups excluding carboxylic acids is 1. The van der Waals surface area contributed by atoms with Crippen LogP contribution in [0.4, 0.5) is 5.69 Å². The van der Waals surface area contributed by atoms with E-state index < -0.39 is 17.6 Å². The first-order valence-electron chi connectivity index (χ1n) is 10.1. The lowest BCUT2D eigenvalue weighted by Crippen LogP contribution is -2.58. The maximum atomic E-state index is 12.5. The number of aliphatic hydroxyl groups is 1. The number of amides is 1. The van der Waals surface area contributed by atoms with Gasteiger partial charge in [0, 0.05) is 19.7 Å². The van der Waals surface area contributed by atoms with E-state index in [1.807, 2.05) is 0 Å². The van der Waals surface area contributed by atoms with Crippen molar-refractivity contribution in [3.63, 3.8) is 0 Å². The van der Waals surface area contributed by atoms with Crippen molar-refractivity contribution < 1.29 is 14.6 Å². The molecule has 3 fully saturated rings. The Morgan fingerprint density at radius 3 is 2.83 bits per heavy atom. The van der Waals surface area contributed by atoms with E-state index in [2.05, 4.69) is 36.5 Å². The van der Waals surface area contributed by atoms with Crippen molar-refractivity contribution in [3.05, 3.63) is 21.6 Å². The largest absolute Gasteiger partial charge is 0.389 e. The van der Waals surface area contributed by atoms with E-state index in [9.17, 15) is 14.7 Å². The van der Waals surface area contributed by atoms with E-state index in [1.54, 1.807) is 0 Å². The predicted octanol–water partition coefficient (Wildman–Crippen LogP) is 1.50. The number of carbonyl (C=O) groups is 1. The summed E-state index contributed by atoms with van der Waals surface area (Å²) in [5.74, 6) is 1.40. The van der Waals surface area contributed by atoms with Crippen LogP contribution in [0.2, 0.25) is 5.02 Å². The van der Waals surface area contributed by atoms with Crippen molar-refractivity contribution in [2.24, 2.45) is 23.2 Å². The van der Waals surface area contributed by atoms with Gasteiger partial charge in [0.2, 0.25) is 5.91 Å². The monoisotopic (exact) mass is 426 g/mol. The van der Waals surface area contributed by atoms with Crippen molar-refractivity contribution >= 4 is 23.2 Å². The van der Waals surface area contributed by atoms with Crippen LogP contribution in [0.15, 0.2) is 11.0 Å². The summed E-state index contributed by atoms with van der Waals surface area (Å²) < 4.78 is 5.82. The van der Waals surface area contributed by atoms with E-state index in [1.165, 1.54) is 19.7 Å². The van der Waals surface area contributed by atoms with Gasteiger partial charge in [-0.25, -0.2) is 4.68 Å². The van der Waals surface area contributed by atoms with Gasteiger partial charge < -0.3 is 20.5 Å². The number of hydrogen-bond donors (Lipinski definition) is 3. The zero-order chi connectivity index (χ0) is 21.3. The Kier molecular flexibility index (Phi) is 6.55. The van der Waals surface area contributed by atoms with Crippen LogP contribution in [0.3, 0.4) is 0 Å². The number of ether oxygens (including phenoxy) is 1. The summed E-state index contributed by atoms with van der Waals surface area (Å²) in [6.07, 6.45) is 3.02. The maximum absolute atomic E-state index is 12.5. The lowest BCUT2D eigenvalue weighted by molar-refractivity contribution is -0.122. The Morgan fingerprint density at radius 2 is 2.21 bits per heavy atom. The van der Waals surface area contributed by atoms with E-state index in [-0.39, 0.29) is 30.8 Å². The van der Waals surface area contributed by atoms with Gasteiger partial charge in [-0.15, -0.1) is 0 Å². The van der Waals surface area contributed by atoms with Crippen LogP contribution < -0.4 is 16.2 Å². The van der Waals surface area contributed by atoms with Gasteiger partial charge in [0.05, 0.1) is 24.6 Å². The second-order valence-corrected chi connectivity index (χ2v) is 9.33. The summed E-state index contributed by atoms with van der Waals surface area (Å²) in [6, 6.07) is 0.256. The van der Waals surface area contributed by atoms with Gasteiger partial charge in [-0.2, -0.15) is 5.10 Å². The standard InChI is InChI=1S/C20H31ClN4O4/c1-11-14-5-12(20(14,2)3)6-15(11)24-16-8-23-25(19(28)18(16)21)9-17(27)22-7-13(26)10-29-4/h8,11-15,24,26H,5-7,9-10H2,1-4H3,(H,22,27)/t11-,12-,13+,14+,15-/m1/s1. The number of fused-ring (bicyclic) bond motifs is 2. The average Bonchev–Trinajstić information content (AvgIpc) is 2.67. The molecule has 1 heterocycles. The van der Waals surface area contributed by atoms with Crippen LogP contribution in [0.5, 0.6) is 0 Å². The third kappa shape index (κ3) is 4.44. The molecule has 2 bridgehead atoms. The molecule has 1 aromatic heterocycles. The third-order valence-corrected chi connectivity index (χ3v) is 7.23. The quantitative estimate of drug-likeness (QED) is 0.581. The maximum Gasteiger partial charge on any atom is 0.288 e. The molecule has 4 rings (SSSR count). The summed E-state index contributed by atoms with van der Waals surface area (Å²) in [4.78, 5) is 24.6. The van der Waals surface area contributed by atoms with Crippen LogP contribution in [0, 0.1) is 23.2 Å². The SMILES string of the molecule is COC[C@@H](O)CNC(=O)Cn1ncc(N[C@@H]2C[C@H]3C[C@@H]([C@H]2C)C3(C)C)c(Cl)c1=O. The number of hydrogen-bond acceptors (Lipinski definition) is 6. The summed E-state index contributed by atoms with van der Waals surface area (Å²) in [5.41, 5.74) is 0.380. The number of aromatic nitrogens is 2. The van der Waals surface area contributed by atoms with Crippen LogP contribution in [-0.4, -0.2) is 53.2 Å². The first-order chi connectivity index (χ1) is 13.6. The minimum Gasteiger partial charge on any atom is -0.389 e. The number of rotatable bonds is 8. The molecule has 3 N–H and O–H groups in total. The lowest BCUT2D eigenvalue weighted by Gasteiger charge is -2.62. The number of aliphatic hydroxyl groups excluding tert-OH is 1. The summed E-state index contributed by atoms with van der Waals surface area (Å²) in [7, 11) is 1.46. The molecule has 9 heteroatoms. The van der Waals surface area contributed by atoms with Gasteiger partial charge in [0.1, 0.15) is 11.6 Å². The Hall–Kier alpha value is -1.64. The van der Waals surface area contributed by atoms with E-state index in [0.29, 0.717) is 28.9 Å². The summed E-state index contributed by atoms with van der Waals surface area (Å²) >= 11 is 6.30. The van der Waals surface area contributed by atoms with Crippen molar-refractivity contribution in [2.45, 2.75) is 52.3 Å². The molecule has 1 amide bonds. The highest BCUT2D eigenvalue weighted by atomic mass is 35.5. The minimum atomic E-state index is -0.808. The van der Waals surface area contributed by atoms with Gasteiger partial charge >= 0.3 is 0 Å². The zero-order valence-electron chi connectivity index (χ0n) is 17.4. The number of nitrogens with zero attached hydrogens (tertiary/aromatic N) is 2. The number of nitrogens with one attached hydrogen (secondary N) is 2. The van der Waals surface area contributed by atoms with Crippen molar-refractivity contribution in [1.82, 2.24) is 15.1 Å². The Labute approximate surface area is 176 Å². The Bertz CT molecular complexity index is 812. The molecule has 3 aliphatic rings. The van der Waals surface area contributed by atoms with Gasteiger partial charge in [-0.1, -0.05) is 32.4 Å². The fraction of sp³-hybridized carbons (Fsp3) is 0.750. The molecule has 5 atom stereocenters. The molecule has 0 spiro atoms. The number of methoxy groups -OCH3 is 1. The van der Waals surface area contributed by atoms with E-state index in [0.717, 1.165) is 11.1 Å². The van der Waals surface area contributed by atoms with Gasteiger partial charge in [0.25, 0.3) is 5.56 Å². The molecule has 0 aliphatic heterocycles. The summed E-state index contributed by atoms with van der Waals surface area (Å²) in [6.45, 7) is 6.82. The molecule has 1 aromatic rings. The molecule has 0 aromatic carbocycles. The van der Waals surface area contributed by atoms with Crippen LogP contribution >= 0.6 is 11.6 Å². The van der Waals surface area contributed by atoms with Gasteiger partial charge in [0.15, 0.2) is 0 Å². The van der Waals surface area contributed by atoms with Gasteiger partial charge in [-0.3, -0.25) is 9.59 Å². The molecule has 29 heavy (non-hydrogen) atoms. The number of anilines is 1. The number of halogens is 1.